The first kappa shape index (κ1) is 13.1. The molecule has 1 aliphatic heterocycles. The molecule has 2 heterocycles. The van der Waals surface area contributed by atoms with Crippen molar-refractivity contribution < 1.29 is 5.11 Å². The van der Waals surface area contributed by atoms with Gasteiger partial charge >= 0.3 is 0 Å². The van der Waals surface area contributed by atoms with Crippen LogP contribution in [0, 0.1) is 5.92 Å². The Bertz CT molecular complexity index is 377. The number of nitrogens with zero attached hydrogens (tertiary/aromatic N) is 3. The second-order valence-electron chi connectivity index (χ2n) is 5.92. The van der Waals surface area contributed by atoms with E-state index < -0.39 is 0 Å². The molecule has 2 unspecified atom stereocenters. The highest BCUT2D eigenvalue weighted by atomic mass is 16.3. The number of aromatic nitrogens is 2. The van der Waals surface area contributed by atoms with Gasteiger partial charge in [-0.15, -0.1) is 0 Å². The Morgan fingerprint density at radius 2 is 2.26 bits per heavy atom. The van der Waals surface area contributed by atoms with E-state index in [2.05, 4.69) is 15.3 Å². The van der Waals surface area contributed by atoms with E-state index in [0.29, 0.717) is 13.1 Å². The molecule has 2 aliphatic rings. The van der Waals surface area contributed by atoms with E-state index in [4.69, 9.17) is 0 Å². The molecule has 1 aromatic rings. The summed E-state index contributed by atoms with van der Waals surface area (Å²) in [7, 11) is 0. The van der Waals surface area contributed by atoms with Crippen LogP contribution in [0.1, 0.15) is 19.3 Å². The topological polar surface area (TPSA) is 53.3 Å². The Hall–Kier alpha value is -0.910. The summed E-state index contributed by atoms with van der Waals surface area (Å²) in [6.07, 6.45) is 7.38. The van der Waals surface area contributed by atoms with Gasteiger partial charge in [0.1, 0.15) is 0 Å². The van der Waals surface area contributed by atoms with Crippen LogP contribution in [0.25, 0.3) is 0 Å². The second kappa shape index (κ2) is 6.03. The molecule has 0 aromatic carbocycles. The Balaban J connectivity index is 1.30. The Morgan fingerprint density at radius 3 is 3.00 bits per heavy atom. The molecule has 2 N–H and O–H groups in total. The molecule has 1 saturated carbocycles. The fourth-order valence-electron chi connectivity index (χ4n) is 2.94. The lowest BCUT2D eigenvalue weighted by Gasteiger charge is -2.16. The smallest absolute Gasteiger partial charge is 0.0860 e. The van der Waals surface area contributed by atoms with Crippen molar-refractivity contribution >= 4 is 0 Å². The lowest BCUT2D eigenvalue weighted by molar-refractivity contribution is 0.145. The highest BCUT2D eigenvalue weighted by Gasteiger charge is 2.33. The number of nitrogens with one attached hydrogen (secondary N) is 1. The summed E-state index contributed by atoms with van der Waals surface area (Å²) in [6.45, 7) is 4.76. The average Bonchev–Trinajstić information content (AvgIpc) is 2.92. The van der Waals surface area contributed by atoms with Crippen molar-refractivity contribution in [3.8, 4) is 0 Å². The number of aliphatic hydroxyl groups excluding tert-OH is 1. The summed E-state index contributed by atoms with van der Waals surface area (Å²) in [6, 6.07) is 2.78. The van der Waals surface area contributed by atoms with Crippen LogP contribution in [0.15, 0.2) is 18.5 Å². The molecule has 5 nitrogen and oxygen atoms in total. The standard InChI is InChI=1S/C14H24N4O/c19-14(11-18-6-1-5-16-18)9-15-8-12-4-7-17(10-12)13-2-3-13/h1,5-6,12-15,19H,2-4,7-11H2. The fraction of sp³-hybridized carbons (Fsp3) is 0.786. The highest BCUT2D eigenvalue weighted by molar-refractivity contribution is 4.90. The van der Waals surface area contributed by atoms with Crippen molar-refractivity contribution in [3.05, 3.63) is 18.5 Å². The summed E-state index contributed by atoms with van der Waals surface area (Å²) >= 11 is 0. The molecule has 1 aromatic heterocycles. The first-order valence-electron chi connectivity index (χ1n) is 7.41. The zero-order valence-electron chi connectivity index (χ0n) is 11.4. The van der Waals surface area contributed by atoms with Crippen molar-refractivity contribution in [1.82, 2.24) is 20.0 Å². The molecule has 1 saturated heterocycles. The molecule has 0 bridgehead atoms. The van der Waals surface area contributed by atoms with Crippen LogP contribution in [0.2, 0.25) is 0 Å². The molecular weight excluding hydrogens is 240 g/mol. The van der Waals surface area contributed by atoms with Crippen LogP contribution in [0.5, 0.6) is 0 Å². The first-order valence-corrected chi connectivity index (χ1v) is 7.41. The van der Waals surface area contributed by atoms with Crippen LogP contribution in [0.3, 0.4) is 0 Å². The molecule has 3 rings (SSSR count). The van der Waals surface area contributed by atoms with Crippen LogP contribution >= 0.6 is 0 Å². The summed E-state index contributed by atoms with van der Waals surface area (Å²) in [5, 5.41) is 17.4. The van der Waals surface area contributed by atoms with E-state index in [1.807, 2.05) is 12.3 Å². The minimum Gasteiger partial charge on any atom is -0.390 e. The third-order valence-electron chi connectivity index (χ3n) is 4.15. The van der Waals surface area contributed by atoms with Crippen LogP contribution < -0.4 is 5.32 Å². The zero-order valence-corrected chi connectivity index (χ0v) is 11.4. The molecule has 0 amide bonds. The van der Waals surface area contributed by atoms with Crippen molar-refractivity contribution in [2.45, 2.75) is 38.0 Å². The maximum atomic E-state index is 9.91. The van der Waals surface area contributed by atoms with Gasteiger partial charge in [-0.2, -0.15) is 5.10 Å². The lowest BCUT2D eigenvalue weighted by atomic mass is 10.1. The van der Waals surface area contributed by atoms with Gasteiger partial charge in [0.25, 0.3) is 0 Å². The monoisotopic (exact) mass is 264 g/mol. The lowest BCUT2D eigenvalue weighted by Crippen LogP contribution is -2.34. The van der Waals surface area contributed by atoms with Crippen LogP contribution in [-0.2, 0) is 6.54 Å². The van der Waals surface area contributed by atoms with Crippen molar-refractivity contribution in [2.24, 2.45) is 5.92 Å². The van der Waals surface area contributed by atoms with Crippen molar-refractivity contribution in [1.29, 1.82) is 0 Å². The maximum Gasteiger partial charge on any atom is 0.0860 e. The van der Waals surface area contributed by atoms with Crippen LogP contribution in [-0.4, -0.2) is 58.1 Å². The molecule has 5 heteroatoms. The van der Waals surface area contributed by atoms with E-state index in [-0.39, 0.29) is 6.10 Å². The number of hydrogen-bond donors (Lipinski definition) is 2. The first-order chi connectivity index (χ1) is 9.31. The van der Waals surface area contributed by atoms with E-state index in [0.717, 1.165) is 18.5 Å². The van der Waals surface area contributed by atoms with Gasteiger partial charge in [0.2, 0.25) is 0 Å². The molecule has 0 radical (unpaired) electrons. The van der Waals surface area contributed by atoms with Gasteiger partial charge in [0, 0.05) is 31.5 Å². The third kappa shape index (κ3) is 3.78. The Morgan fingerprint density at radius 1 is 1.37 bits per heavy atom. The van der Waals surface area contributed by atoms with Crippen molar-refractivity contribution in [2.75, 3.05) is 26.2 Å². The summed E-state index contributed by atoms with van der Waals surface area (Å²) < 4.78 is 1.77. The number of aliphatic hydroxyl groups is 1. The van der Waals surface area contributed by atoms with Gasteiger partial charge < -0.3 is 15.3 Å². The molecule has 106 valence electrons. The van der Waals surface area contributed by atoms with Gasteiger partial charge in [-0.1, -0.05) is 0 Å². The molecular formula is C14H24N4O. The zero-order chi connectivity index (χ0) is 13.1. The second-order valence-corrected chi connectivity index (χ2v) is 5.92. The normalized spacial score (nSPS) is 25.8. The van der Waals surface area contributed by atoms with Gasteiger partial charge in [0.05, 0.1) is 12.6 Å². The van der Waals surface area contributed by atoms with E-state index in [1.165, 1.54) is 32.4 Å². The third-order valence-corrected chi connectivity index (χ3v) is 4.15. The minimum absolute atomic E-state index is 0.360. The minimum atomic E-state index is -0.360. The van der Waals surface area contributed by atoms with Crippen LogP contribution in [0.4, 0.5) is 0 Å². The molecule has 1 aliphatic carbocycles. The summed E-state index contributed by atoms with van der Waals surface area (Å²) in [5.74, 6) is 0.762. The van der Waals surface area contributed by atoms with E-state index in [1.54, 1.807) is 10.9 Å². The van der Waals surface area contributed by atoms with Gasteiger partial charge in [-0.05, 0) is 44.3 Å². The van der Waals surface area contributed by atoms with Gasteiger partial charge in [-0.3, -0.25) is 4.68 Å². The summed E-state index contributed by atoms with van der Waals surface area (Å²) in [5.41, 5.74) is 0. The quantitative estimate of drug-likeness (QED) is 0.744. The Kier molecular flexibility index (Phi) is 4.15. The number of likely N-dealkylation sites (tertiary alicyclic amines) is 1. The maximum absolute atomic E-state index is 9.91. The van der Waals surface area contributed by atoms with Crippen molar-refractivity contribution in [3.63, 3.8) is 0 Å². The SMILES string of the molecule is OC(CNCC1CCN(C2CC2)C1)Cn1cccn1. The average molecular weight is 264 g/mol. The highest BCUT2D eigenvalue weighted by Crippen LogP contribution is 2.31. The van der Waals surface area contributed by atoms with E-state index in [9.17, 15) is 5.11 Å². The fourth-order valence-corrected chi connectivity index (χ4v) is 2.94. The predicted molar refractivity (Wildman–Crippen MR) is 73.8 cm³/mol. The number of rotatable bonds is 7. The van der Waals surface area contributed by atoms with Gasteiger partial charge in [-0.25, -0.2) is 0 Å². The number of hydrogen-bond acceptors (Lipinski definition) is 4. The molecule has 2 atom stereocenters. The van der Waals surface area contributed by atoms with E-state index >= 15 is 0 Å². The largest absolute Gasteiger partial charge is 0.390 e. The molecule has 2 fully saturated rings. The predicted octanol–water partition coefficient (Wildman–Crippen LogP) is 0.318. The summed E-state index contributed by atoms with van der Waals surface area (Å²) in [4.78, 5) is 2.63. The molecule has 0 spiro atoms. The van der Waals surface area contributed by atoms with Gasteiger partial charge in [0.15, 0.2) is 0 Å². The Labute approximate surface area is 114 Å². The molecule has 19 heavy (non-hydrogen) atoms.